The Morgan fingerprint density at radius 2 is 1.56 bits per heavy atom. The minimum atomic E-state index is -2.89. The molecule has 2 aliphatic heterocycles. The molecule has 10 atom stereocenters. The molecule has 1 aromatic carbocycles. The van der Waals surface area contributed by atoms with E-state index in [-0.39, 0.29) is 17.1 Å². The van der Waals surface area contributed by atoms with E-state index in [2.05, 4.69) is 26.1 Å². The van der Waals surface area contributed by atoms with Gasteiger partial charge in [0, 0.05) is 24.5 Å². The summed E-state index contributed by atoms with van der Waals surface area (Å²) < 4.78 is 32.7. The highest BCUT2D eigenvalue weighted by atomic mass is 32.2. The van der Waals surface area contributed by atoms with E-state index < -0.39 is 74.3 Å². The van der Waals surface area contributed by atoms with Crippen LogP contribution in [0.1, 0.15) is 33.6 Å². The molecule has 2 fully saturated rings. The first kappa shape index (κ1) is 40.7. The lowest BCUT2D eigenvalue weighted by Gasteiger charge is -2.49. The van der Waals surface area contributed by atoms with Crippen LogP contribution in [-0.4, -0.2) is 159 Å². The fourth-order valence-electron chi connectivity index (χ4n) is 4.79. The molecule has 9 N–H and O–H groups in total. The maximum atomic E-state index is 12.4. The van der Waals surface area contributed by atoms with Crippen molar-refractivity contribution in [2.45, 2.75) is 94.7 Å². The first-order valence-electron chi connectivity index (χ1n) is 15.8. The number of ether oxygens (including phenoxy) is 6. The first-order chi connectivity index (χ1) is 22.7. The average Bonchev–Trinajstić information content (AvgIpc) is 3.04. The third-order valence-electron chi connectivity index (χ3n) is 7.45. The summed E-state index contributed by atoms with van der Waals surface area (Å²) in [6, 6.07) is 6.05. The summed E-state index contributed by atoms with van der Waals surface area (Å²) >= 11 is 1.65. The number of carbonyl (C=O) groups is 1. The molecule has 2 heterocycles. The van der Waals surface area contributed by atoms with E-state index in [1.807, 2.05) is 0 Å². The molecule has 5 unspecified atom stereocenters. The van der Waals surface area contributed by atoms with Gasteiger partial charge in [0.05, 0.1) is 33.0 Å². The van der Waals surface area contributed by atoms with Crippen molar-refractivity contribution in [2.24, 2.45) is 5.41 Å². The van der Waals surface area contributed by atoms with Gasteiger partial charge in [0.1, 0.15) is 48.5 Å². The lowest BCUT2D eigenvalue weighted by atomic mass is 9.94. The number of aliphatic hydroxyl groups excluding tert-OH is 7. The molecule has 0 radical (unpaired) electrons. The predicted molar refractivity (Wildman–Crippen MR) is 171 cm³/mol. The summed E-state index contributed by atoms with van der Waals surface area (Å²) in [7, 11) is 0. The molecular weight excluding hydrogens is 658 g/mol. The van der Waals surface area contributed by atoms with E-state index >= 15 is 0 Å². The number of hydrogen-bond donors (Lipinski definition) is 9. The Hall–Kier alpha value is -1.68. The fourth-order valence-corrected chi connectivity index (χ4v) is 5.65. The number of amides is 1. The van der Waals surface area contributed by atoms with Gasteiger partial charge in [-0.05, 0) is 41.9 Å². The number of hydrogen-bond acceptors (Lipinski definition) is 16. The second-order valence-electron chi connectivity index (χ2n) is 12.8. The molecule has 0 saturated carbocycles. The summed E-state index contributed by atoms with van der Waals surface area (Å²) in [5, 5.41) is 84.9. The van der Waals surface area contributed by atoms with Crippen molar-refractivity contribution in [1.29, 1.82) is 0 Å². The summed E-state index contributed by atoms with van der Waals surface area (Å²) in [6.07, 6.45) is -15.1. The minimum absolute atomic E-state index is 0.133. The second-order valence-corrected chi connectivity index (χ2v) is 14.0. The normalized spacial score (nSPS) is 32.6. The third-order valence-corrected chi connectivity index (χ3v) is 8.52. The Labute approximate surface area is 283 Å². The van der Waals surface area contributed by atoms with Crippen LogP contribution in [0.15, 0.2) is 24.3 Å². The van der Waals surface area contributed by atoms with Gasteiger partial charge in [0.2, 0.25) is 18.0 Å². The predicted octanol–water partition coefficient (Wildman–Crippen LogP) is -1.46. The number of carbonyl (C=O) groups excluding carboxylic acids is 1. The lowest BCUT2D eigenvalue weighted by molar-refractivity contribution is -0.435. The fraction of sp³-hybridized carbons (Fsp3) is 0.774. The molecule has 2 aliphatic rings. The van der Waals surface area contributed by atoms with Gasteiger partial charge in [0.15, 0.2) is 6.29 Å². The molecule has 1 amide bonds. The van der Waals surface area contributed by atoms with Crippen molar-refractivity contribution in [3.63, 3.8) is 0 Å². The first-order valence-corrected chi connectivity index (χ1v) is 17.0. The number of thioether (sulfide) groups is 1. The minimum Gasteiger partial charge on any atom is -0.462 e. The Morgan fingerprint density at radius 1 is 0.875 bits per heavy atom. The van der Waals surface area contributed by atoms with Crippen LogP contribution >= 0.6 is 11.8 Å². The van der Waals surface area contributed by atoms with Crippen molar-refractivity contribution in [2.75, 3.05) is 56.5 Å². The van der Waals surface area contributed by atoms with E-state index in [4.69, 9.17) is 28.4 Å². The zero-order valence-electron chi connectivity index (χ0n) is 27.4. The molecular formula is C31H51NO15S. The number of benzene rings is 1. The maximum absolute atomic E-state index is 12.4. The highest BCUT2D eigenvalue weighted by Gasteiger charge is 2.59. The van der Waals surface area contributed by atoms with Crippen molar-refractivity contribution in [3.8, 4) is 5.75 Å². The molecule has 0 aliphatic carbocycles. The molecule has 0 spiro atoms. The van der Waals surface area contributed by atoms with E-state index in [9.17, 15) is 45.6 Å². The number of aliphatic hydroxyl groups is 8. The summed E-state index contributed by atoms with van der Waals surface area (Å²) in [6.45, 7) is 7.05. The standard InChI is InChI=1S/C31H51NO15S/c1-30(2,3)17-43-12-11-42-10-4-13-48-14-9-22(35)32-18-5-7-19(8-6-18)44-28-26(39)27(40)31(41,21(16-34)46-28)47-29-25(38)24(37)23(36)20(15-33)45-29/h5-8,20-21,23-29,33-34,36-41H,4,9-17H2,1-3H3,(H,32,35)/t20?,21?,23-,24?,25-,26?,27-,28+,29?,31+/m0/s1. The lowest BCUT2D eigenvalue weighted by Crippen LogP contribution is -2.71. The molecule has 17 heteroatoms. The van der Waals surface area contributed by atoms with Gasteiger partial charge >= 0.3 is 0 Å². The summed E-state index contributed by atoms with van der Waals surface area (Å²) in [5.41, 5.74) is 0.619. The molecule has 276 valence electrons. The van der Waals surface area contributed by atoms with Gasteiger partial charge in [-0.1, -0.05) is 20.8 Å². The Kier molecular flexibility index (Phi) is 16.2. The van der Waals surface area contributed by atoms with Gasteiger partial charge in [-0.25, -0.2) is 0 Å². The van der Waals surface area contributed by atoms with Gasteiger partial charge < -0.3 is 74.6 Å². The van der Waals surface area contributed by atoms with Crippen LogP contribution in [0, 0.1) is 5.41 Å². The van der Waals surface area contributed by atoms with Crippen LogP contribution in [0.25, 0.3) is 0 Å². The van der Waals surface area contributed by atoms with Crippen molar-refractivity contribution >= 4 is 23.4 Å². The van der Waals surface area contributed by atoms with Crippen molar-refractivity contribution in [3.05, 3.63) is 24.3 Å². The van der Waals surface area contributed by atoms with E-state index in [0.29, 0.717) is 44.3 Å². The zero-order chi connectivity index (χ0) is 35.5. The van der Waals surface area contributed by atoms with Crippen molar-refractivity contribution < 1.29 is 74.1 Å². The Bertz CT molecular complexity index is 1090. The Balaban J connectivity index is 1.41. The van der Waals surface area contributed by atoms with Crippen molar-refractivity contribution in [1.82, 2.24) is 0 Å². The van der Waals surface area contributed by atoms with Gasteiger partial charge in [-0.3, -0.25) is 4.79 Å². The Morgan fingerprint density at radius 3 is 2.21 bits per heavy atom. The second kappa shape index (κ2) is 19.1. The maximum Gasteiger partial charge on any atom is 0.229 e. The summed E-state index contributed by atoms with van der Waals surface area (Å²) in [4.78, 5) is 12.4. The molecule has 48 heavy (non-hydrogen) atoms. The van der Waals surface area contributed by atoms with Gasteiger partial charge in [-0.2, -0.15) is 11.8 Å². The van der Waals surface area contributed by atoms with Gasteiger partial charge in [-0.15, -0.1) is 0 Å². The van der Waals surface area contributed by atoms with Crippen LogP contribution < -0.4 is 10.1 Å². The van der Waals surface area contributed by atoms with Crippen LogP contribution in [0.5, 0.6) is 5.75 Å². The largest absolute Gasteiger partial charge is 0.462 e. The monoisotopic (exact) mass is 709 g/mol. The molecule has 0 bridgehead atoms. The van der Waals surface area contributed by atoms with Crippen LogP contribution in [0.2, 0.25) is 0 Å². The van der Waals surface area contributed by atoms with E-state index in [0.717, 1.165) is 12.2 Å². The SMILES string of the molecule is CC(C)(C)COCCOCCCSCCC(=O)Nc1ccc(O[C@@H]2OC(CO)[C@@](O)(OC3OC(CO)[C@H](O)C(O)[C@@H]3O)[C@@H](O)C2O)cc1. The molecule has 0 aromatic heterocycles. The molecule has 1 aromatic rings. The smallest absolute Gasteiger partial charge is 0.229 e. The van der Waals surface area contributed by atoms with Crippen LogP contribution in [0.4, 0.5) is 5.69 Å². The zero-order valence-corrected chi connectivity index (χ0v) is 28.2. The number of nitrogens with one attached hydrogen (secondary N) is 1. The highest BCUT2D eigenvalue weighted by molar-refractivity contribution is 7.99. The third kappa shape index (κ3) is 11.7. The van der Waals surface area contributed by atoms with Gasteiger partial charge in [0.25, 0.3) is 0 Å². The number of anilines is 1. The average molecular weight is 710 g/mol. The quantitative estimate of drug-likeness (QED) is 0.0625. The number of rotatable bonds is 18. The van der Waals surface area contributed by atoms with E-state index in [1.54, 1.807) is 23.9 Å². The summed E-state index contributed by atoms with van der Waals surface area (Å²) in [5.74, 6) is -1.41. The highest BCUT2D eigenvalue weighted by Crippen LogP contribution is 2.36. The van der Waals surface area contributed by atoms with E-state index in [1.165, 1.54) is 12.1 Å². The molecule has 2 saturated heterocycles. The molecule has 16 nitrogen and oxygen atoms in total. The molecule has 3 rings (SSSR count). The topological polar surface area (TPSA) is 246 Å². The van der Waals surface area contributed by atoms with Crippen LogP contribution in [-0.2, 0) is 28.5 Å². The van der Waals surface area contributed by atoms with Crippen LogP contribution in [0.3, 0.4) is 0 Å².